The van der Waals surface area contributed by atoms with Gasteiger partial charge in [0, 0.05) is 106 Å². The topological polar surface area (TPSA) is 291 Å². The van der Waals surface area contributed by atoms with Gasteiger partial charge in [0.25, 0.3) is 31.9 Å². The SMILES string of the molecule is O=C(O)CCc1c(/C=C2\C(=O)Nc3ccc(NS(=O)(=O)c4cc(F)cc(F)c4)cc32)[nH]c2c1C(=O)CCC2.O=C(O)CCc1c(/C=C2\C(=O)Nc3ccc(NS(=O)(=O)c4cc(F)cc(F)c4)cc32)[nH]c2c1C(=O)CCC2. The summed E-state index contributed by atoms with van der Waals surface area (Å²) in [6, 6.07) is 12.4. The summed E-state index contributed by atoms with van der Waals surface area (Å²) < 4.78 is 110. The van der Waals surface area contributed by atoms with E-state index in [1.807, 2.05) is 0 Å². The lowest BCUT2D eigenvalue weighted by molar-refractivity contribution is -0.138. The lowest BCUT2D eigenvalue weighted by Crippen LogP contribution is -2.13. The number of amides is 2. The Balaban J connectivity index is 0.000000186. The molecule has 0 fully saturated rings. The molecule has 2 aliphatic heterocycles. The van der Waals surface area contributed by atoms with Gasteiger partial charge >= 0.3 is 11.9 Å². The number of aliphatic carboxylic acids is 2. The van der Waals surface area contributed by atoms with Crippen LogP contribution in [0.1, 0.15) is 104 Å². The molecule has 4 aromatic carbocycles. The Kier molecular flexibility index (Phi) is 14.1. The monoisotopic (exact) mass is 1080 g/mol. The summed E-state index contributed by atoms with van der Waals surface area (Å²) >= 11 is 0. The van der Waals surface area contributed by atoms with Crippen molar-refractivity contribution in [2.75, 3.05) is 20.1 Å². The fourth-order valence-electron chi connectivity index (χ4n) is 9.49. The smallest absolute Gasteiger partial charge is 0.303 e. The number of carbonyl (C=O) groups excluding carboxylic acids is 4. The zero-order chi connectivity index (χ0) is 54.4. The molecule has 0 saturated carbocycles. The number of rotatable bonds is 14. The molecular formula is C52H42F4N6O12S2. The number of aromatic amines is 2. The molecule has 10 rings (SSSR count). The van der Waals surface area contributed by atoms with E-state index >= 15 is 0 Å². The third-order valence-corrected chi connectivity index (χ3v) is 15.5. The molecule has 2 aromatic heterocycles. The predicted octanol–water partition coefficient (Wildman–Crippen LogP) is 8.25. The van der Waals surface area contributed by atoms with Crippen molar-refractivity contribution < 1.29 is 73.4 Å². The molecule has 4 aliphatic rings. The Morgan fingerprint density at radius 1 is 0.539 bits per heavy atom. The zero-order valence-corrected chi connectivity index (χ0v) is 41.1. The highest BCUT2D eigenvalue weighted by Gasteiger charge is 2.32. The van der Waals surface area contributed by atoms with Gasteiger partial charge in [-0.2, -0.15) is 0 Å². The number of sulfonamides is 2. The number of ketones is 2. The number of hydrogen-bond donors (Lipinski definition) is 8. The highest BCUT2D eigenvalue weighted by molar-refractivity contribution is 7.93. The Morgan fingerprint density at radius 3 is 1.26 bits per heavy atom. The summed E-state index contributed by atoms with van der Waals surface area (Å²) in [6.45, 7) is 0. The fraction of sp³-hybridized carbons (Fsp3) is 0.192. The van der Waals surface area contributed by atoms with E-state index in [-0.39, 0.29) is 59.8 Å². The lowest BCUT2D eigenvalue weighted by Gasteiger charge is -2.11. The molecule has 0 saturated heterocycles. The minimum absolute atomic E-state index is 0.0443. The second-order valence-electron chi connectivity index (χ2n) is 18.0. The molecule has 2 aliphatic carbocycles. The molecule has 392 valence electrons. The minimum Gasteiger partial charge on any atom is -0.481 e. The molecule has 8 N–H and O–H groups in total. The maximum atomic E-state index is 13.6. The minimum atomic E-state index is -4.35. The van der Waals surface area contributed by atoms with Crippen LogP contribution in [-0.4, -0.2) is 72.3 Å². The first-order valence-corrected chi connectivity index (χ1v) is 26.3. The van der Waals surface area contributed by atoms with Gasteiger partial charge in [0.15, 0.2) is 11.6 Å². The van der Waals surface area contributed by atoms with Crippen molar-refractivity contribution in [3.8, 4) is 0 Å². The van der Waals surface area contributed by atoms with Gasteiger partial charge in [0.1, 0.15) is 23.3 Å². The molecule has 0 spiro atoms. The van der Waals surface area contributed by atoms with Gasteiger partial charge in [0.2, 0.25) is 0 Å². The number of H-pyrrole nitrogens is 2. The van der Waals surface area contributed by atoms with Gasteiger partial charge in [0.05, 0.1) is 20.9 Å². The third kappa shape index (κ3) is 10.9. The summed E-state index contributed by atoms with van der Waals surface area (Å²) in [4.78, 5) is 78.5. The second kappa shape index (κ2) is 20.6. The highest BCUT2D eigenvalue weighted by Crippen LogP contribution is 2.40. The van der Waals surface area contributed by atoms with Crippen molar-refractivity contribution >= 4 is 101 Å². The average molecular weight is 1080 g/mol. The van der Waals surface area contributed by atoms with Crippen molar-refractivity contribution in [2.24, 2.45) is 0 Å². The third-order valence-electron chi connectivity index (χ3n) is 12.8. The number of carbonyl (C=O) groups is 6. The van der Waals surface area contributed by atoms with Crippen LogP contribution in [0.25, 0.3) is 23.3 Å². The highest BCUT2D eigenvalue weighted by atomic mass is 32.2. The van der Waals surface area contributed by atoms with Gasteiger partial charge in [-0.3, -0.25) is 38.2 Å². The van der Waals surface area contributed by atoms with Crippen molar-refractivity contribution in [1.82, 2.24) is 9.97 Å². The number of fused-ring (bicyclic) bond motifs is 4. The van der Waals surface area contributed by atoms with Crippen molar-refractivity contribution in [3.63, 3.8) is 0 Å². The molecule has 0 bridgehead atoms. The van der Waals surface area contributed by atoms with Gasteiger partial charge in [-0.25, -0.2) is 34.4 Å². The normalized spacial score (nSPS) is 15.8. The van der Waals surface area contributed by atoms with Crippen LogP contribution < -0.4 is 20.1 Å². The first-order chi connectivity index (χ1) is 36.0. The average Bonchev–Trinajstić information content (AvgIpc) is 4.09. The maximum Gasteiger partial charge on any atom is 0.303 e. The number of hydrogen-bond acceptors (Lipinski definition) is 10. The van der Waals surface area contributed by atoms with Gasteiger partial charge in [-0.05, 0) is 122 Å². The molecule has 0 unspecified atom stereocenters. The van der Waals surface area contributed by atoms with Gasteiger partial charge < -0.3 is 30.8 Å². The second-order valence-corrected chi connectivity index (χ2v) is 21.4. The van der Waals surface area contributed by atoms with Gasteiger partial charge in [-0.1, -0.05) is 0 Å². The van der Waals surface area contributed by atoms with E-state index in [4.69, 9.17) is 0 Å². The number of aryl methyl sites for hydroxylation is 2. The molecule has 76 heavy (non-hydrogen) atoms. The number of carboxylic acids is 2. The molecule has 0 radical (unpaired) electrons. The molecule has 4 heterocycles. The van der Waals surface area contributed by atoms with Crippen LogP contribution in [0, 0.1) is 23.3 Å². The summed E-state index contributed by atoms with van der Waals surface area (Å²) in [5.41, 5.74) is 6.15. The number of halogens is 4. The number of anilines is 4. The molecule has 0 atom stereocenters. The number of nitrogens with one attached hydrogen (secondary N) is 6. The van der Waals surface area contributed by atoms with Crippen molar-refractivity contribution in [1.29, 1.82) is 0 Å². The van der Waals surface area contributed by atoms with Crippen LogP contribution in [0.15, 0.2) is 82.6 Å². The summed E-state index contributed by atoms with van der Waals surface area (Å²) in [6.07, 6.45) is 6.03. The maximum absolute atomic E-state index is 13.6. The number of carboxylic acid groups (broad SMARTS) is 2. The zero-order valence-electron chi connectivity index (χ0n) is 39.5. The van der Waals surface area contributed by atoms with Gasteiger partial charge in [-0.15, -0.1) is 0 Å². The molecule has 2 amide bonds. The Labute approximate surface area is 429 Å². The molecule has 24 heteroatoms. The van der Waals surface area contributed by atoms with Crippen LogP contribution in [0.3, 0.4) is 0 Å². The van der Waals surface area contributed by atoms with Crippen LogP contribution in [-0.2, 0) is 64.9 Å². The van der Waals surface area contributed by atoms with Crippen molar-refractivity contribution in [3.05, 3.63) is 152 Å². The van der Waals surface area contributed by atoms with Crippen molar-refractivity contribution in [2.45, 2.75) is 74.0 Å². The number of benzene rings is 4. The van der Waals surface area contributed by atoms with Crippen LogP contribution in [0.4, 0.5) is 40.3 Å². The standard InChI is InChI=1S/2C26H21F2N3O6S/c2*27-13-8-14(28)10-16(9-13)38(36,37)31-15-4-6-20-18(11-15)19(26(35)30-20)12-22-17(5-7-24(33)34)25-21(29-22)2-1-3-23(25)32/h2*4,6,8-12,29,31H,1-3,5,7H2,(H,30,35)(H,33,34)/b2*19-12-. The Hall–Kier alpha value is -8.64. The largest absolute Gasteiger partial charge is 0.481 e. The Bertz CT molecular complexity index is 3520. The predicted molar refractivity (Wildman–Crippen MR) is 268 cm³/mol. The van der Waals surface area contributed by atoms with E-state index in [1.54, 1.807) is 0 Å². The summed E-state index contributed by atoms with van der Waals surface area (Å²) in [5, 5.41) is 23.8. The quantitative estimate of drug-likeness (QED) is 0.0378. The van der Waals surface area contributed by atoms with E-state index in [2.05, 4.69) is 30.0 Å². The van der Waals surface area contributed by atoms with Crippen LogP contribution >= 0.6 is 0 Å². The first-order valence-electron chi connectivity index (χ1n) is 23.3. The number of aromatic nitrogens is 2. The summed E-state index contributed by atoms with van der Waals surface area (Å²) in [7, 11) is -8.70. The number of Topliss-reactive ketones (excluding diaryl/α,β-unsaturated/α-hetero) is 2. The lowest BCUT2D eigenvalue weighted by atomic mass is 9.91. The van der Waals surface area contributed by atoms with E-state index in [1.165, 1.54) is 48.6 Å². The Morgan fingerprint density at radius 2 is 0.908 bits per heavy atom. The fourth-order valence-corrected chi connectivity index (χ4v) is 11.7. The molecular weight excluding hydrogens is 1040 g/mol. The first kappa shape index (κ1) is 52.2. The van der Waals surface area contributed by atoms with E-state index in [0.717, 1.165) is 0 Å². The van der Waals surface area contributed by atoms with Crippen LogP contribution in [0.2, 0.25) is 0 Å². The van der Waals surface area contributed by atoms with E-state index in [0.29, 0.717) is 142 Å². The molecule has 18 nitrogen and oxygen atoms in total. The van der Waals surface area contributed by atoms with E-state index < -0.39 is 76.9 Å². The van der Waals surface area contributed by atoms with Crippen LogP contribution in [0.5, 0.6) is 0 Å². The summed E-state index contributed by atoms with van der Waals surface area (Å²) in [5.74, 6) is -7.39. The van der Waals surface area contributed by atoms with E-state index in [9.17, 15) is 73.4 Å². The molecule has 6 aromatic rings.